The third-order valence-corrected chi connectivity index (χ3v) is 4.39. The fourth-order valence-corrected chi connectivity index (χ4v) is 3.40. The number of carbonyl (C=O) groups is 2. The van der Waals surface area contributed by atoms with E-state index in [1.807, 2.05) is 30.3 Å². The van der Waals surface area contributed by atoms with Gasteiger partial charge in [-0.3, -0.25) is 19.4 Å². The maximum Gasteiger partial charge on any atom is 0.275 e. The second-order valence-electron chi connectivity index (χ2n) is 4.87. The van der Waals surface area contributed by atoms with Crippen LogP contribution in [0.5, 0.6) is 0 Å². The number of hydrogen-bond donors (Lipinski definition) is 0. The van der Waals surface area contributed by atoms with Crippen LogP contribution < -0.4 is 0 Å². The normalized spacial score (nSPS) is 22.2. The summed E-state index contributed by atoms with van der Waals surface area (Å²) in [4.78, 5) is 31.9. The van der Waals surface area contributed by atoms with Crippen LogP contribution in [-0.4, -0.2) is 52.2 Å². The third-order valence-electron chi connectivity index (χ3n) is 3.43. The van der Waals surface area contributed by atoms with Crippen LogP contribution in [0.4, 0.5) is 0 Å². The number of aliphatic imine (C=N–C) groups is 1. The van der Waals surface area contributed by atoms with Gasteiger partial charge in [0.15, 0.2) is 11.2 Å². The Bertz CT molecular complexity index is 573. The number of benzene rings is 1. The molecule has 1 unspecified atom stereocenters. The van der Waals surface area contributed by atoms with Gasteiger partial charge in [-0.15, -0.1) is 0 Å². The molecule has 1 fully saturated rings. The highest BCUT2D eigenvalue weighted by Gasteiger charge is 2.42. The molecule has 0 spiro atoms. The van der Waals surface area contributed by atoms with Gasteiger partial charge in [-0.25, -0.2) is 0 Å². The minimum Gasteiger partial charge on any atom is -0.289 e. The molecule has 1 aromatic carbocycles. The summed E-state index contributed by atoms with van der Waals surface area (Å²) in [7, 11) is 1.79. The quantitative estimate of drug-likeness (QED) is 0.778. The van der Waals surface area contributed by atoms with E-state index in [1.165, 1.54) is 11.8 Å². The van der Waals surface area contributed by atoms with Crippen molar-refractivity contribution in [3.8, 4) is 0 Å². The van der Waals surface area contributed by atoms with Gasteiger partial charge in [-0.05, 0) is 12.6 Å². The van der Waals surface area contributed by atoms with Crippen molar-refractivity contribution in [1.29, 1.82) is 0 Å². The SMILES string of the molecule is CN(Cc1ccccc1)C1C(=O)N=C2SCCN2C1=O. The highest BCUT2D eigenvalue weighted by Crippen LogP contribution is 2.24. The van der Waals surface area contributed by atoms with Crippen LogP contribution in [0.3, 0.4) is 0 Å². The molecule has 2 aliphatic rings. The summed E-state index contributed by atoms with van der Waals surface area (Å²) < 4.78 is 0. The van der Waals surface area contributed by atoms with Crippen LogP contribution >= 0.6 is 11.8 Å². The van der Waals surface area contributed by atoms with E-state index in [9.17, 15) is 9.59 Å². The maximum absolute atomic E-state index is 12.4. The van der Waals surface area contributed by atoms with Crippen molar-refractivity contribution in [1.82, 2.24) is 9.80 Å². The van der Waals surface area contributed by atoms with Crippen LogP contribution in [0, 0.1) is 0 Å². The van der Waals surface area contributed by atoms with Gasteiger partial charge in [0.05, 0.1) is 0 Å². The van der Waals surface area contributed by atoms with E-state index in [0.29, 0.717) is 18.3 Å². The average Bonchev–Trinajstić information content (AvgIpc) is 2.88. The monoisotopic (exact) mass is 289 g/mol. The van der Waals surface area contributed by atoms with E-state index in [-0.39, 0.29) is 11.8 Å². The first-order valence-corrected chi connectivity index (χ1v) is 7.46. The molecule has 0 N–H and O–H groups in total. The summed E-state index contributed by atoms with van der Waals surface area (Å²) in [5, 5.41) is 0.560. The summed E-state index contributed by atoms with van der Waals surface area (Å²) >= 11 is 1.47. The Morgan fingerprint density at radius 3 is 2.85 bits per heavy atom. The molecule has 5 nitrogen and oxygen atoms in total. The fraction of sp³-hybridized carbons (Fsp3) is 0.357. The maximum atomic E-state index is 12.4. The molecule has 104 valence electrons. The van der Waals surface area contributed by atoms with E-state index in [1.54, 1.807) is 16.8 Å². The predicted molar refractivity (Wildman–Crippen MR) is 78.3 cm³/mol. The van der Waals surface area contributed by atoms with Crippen LogP contribution in [0.25, 0.3) is 0 Å². The standard InChI is InChI=1S/C14H15N3O2S/c1-16(9-10-5-3-2-4-6-10)11-12(18)15-14-17(13(11)19)7-8-20-14/h2-6,11H,7-9H2,1H3. The zero-order valence-electron chi connectivity index (χ0n) is 11.2. The molecule has 6 heteroatoms. The third kappa shape index (κ3) is 2.36. The van der Waals surface area contributed by atoms with Crippen molar-refractivity contribution in [3.05, 3.63) is 35.9 Å². The van der Waals surface area contributed by atoms with E-state index in [2.05, 4.69) is 4.99 Å². The Morgan fingerprint density at radius 2 is 2.10 bits per heavy atom. The summed E-state index contributed by atoms with van der Waals surface area (Å²) in [6.07, 6.45) is 0. The Hall–Kier alpha value is -1.66. The number of amidine groups is 1. The van der Waals surface area contributed by atoms with Gasteiger partial charge in [0, 0.05) is 18.8 Å². The molecule has 3 rings (SSSR count). The van der Waals surface area contributed by atoms with E-state index in [4.69, 9.17) is 0 Å². The van der Waals surface area contributed by atoms with Crippen LogP contribution in [0.2, 0.25) is 0 Å². The molecule has 1 aromatic rings. The first kappa shape index (κ1) is 13.3. The zero-order chi connectivity index (χ0) is 14.1. The van der Waals surface area contributed by atoms with Gasteiger partial charge < -0.3 is 0 Å². The van der Waals surface area contributed by atoms with Gasteiger partial charge in [0.25, 0.3) is 11.8 Å². The van der Waals surface area contributed by atoms with Gasteiger partial charge in [-0.2, -0.15) is 4.99 Å². The number of hydrogen-bond acceptors (Lipinski definition) is 4. The molecule has 20 heavy (non-hydrogen) atoms. The molecule has 2 aliphatic heterocycles. The first-order valence-electron chi connectivity index (χ1n) is 6.47. The molecule has 0 aliphatic carbocycles. The largest absolute Gasteiger partial charge is 0.289 e. The van der Waals surface area contributed by atoms with Crippen molar-refractivity contribution in [3.63, 3.8) is 0 Å². The van der Waals surface area contributed by atoms with Crippen molar-refractivity contribution in [2.75, 3.05) is 19.3 Å². The van der Waals surface area contributed by atoms with Crippen LogP contribution in [-0.2, 0) is 16.1 Å². The van der Waals surface area contributed by atoms with Crippen molar-refractivity contribution >= 4 is 28.7 Å². The molecule has 2 amide bonds. The minimum absolute atomic E-state index is 0.150. The Balaban J connectivity index is 1.79. The van der Waals surface area contributed by atoms with Crippen molar-refractivity contribution in [2.24, 2.45) is 4.99 Å². The van der Waals surface area contributed by atoms with Gasteiger partial charge in [0.1, 0.15) is 0 Å². The molecular formula is C14H15N3O2S. The minimum atomic E-state index is -0.794. The van der Waals surface area contributed by atoms with E-state index >= 15 is 0 Å². The summed E-state index contributed by atoms with van der Waals surface area (Å²) in [5.74, 6) is 0.310. The average molecular weight is 289 g/mol. The van der Waals surface area contributed by atoms with E-state index in [0.717, 1.165) is 11.3 Å². The molecule has 2 heterocycles. The lowest BCUT2D eigenvalue weighted by Crippen LogP contribution is -2.54. The fourth-order valence-electron chi connectivity index (χ4n) is 2.45. The predicted octanol–water partition coefficient (Wildman–Crippen LogP) is 0.959. The molecule has 1 saturated heterocycles. The Kier molecular flexibility index (Phi) is 3.58. The Labute approximate surface area is 121 Å². The number of amides is 2. The summed E-state index contributed by atoms with van der Waals surface area (Å²) in [5.41, 5.74) is 1.07. The van der Waals surface area contributed by atoms with Gasteiger partial charge >= 0.3 is 0 Å². The number of rotatable bonds is 3. The first-order chi connectivity index (χ1) is 9.66. The van der Waals surface area contributed by atoms with Gasteiger partial charge in [0.2, 0.25) is 0 Å². The highest BCUT2D eigenvalue weighted by atomic mass is 32.2. The lowest BCUT2D eigenvalue weighted by Gasteiger charge is -2.31. The lowest BCUT2D eigenvalue weighted by atomic mass is 10.1. The molecular weight excluding hydrogens is 274 g/mol. The summed E-state index contributed by atoms with van der Waals surface area (Å²) in [6, 6.07) is 9.00. The molecule has 1 atom stereocenters. The van der Waals surface area contributed by atoms with Crippen LogP contribution in [0.1, 0.15) is 5.56 Å². The second-order valence-corrected chi connectivity index (χ2v) is 5.94. The molecule has 0 bridgehead atoms. The highest BCUT2D eigenvalue weighted by molar-refractivity contribution is 8.14. The Morgan fingerprint density at radius 1 is 1.35 bits per heavy atom. The van der Waals surface area contributed by atoms with Gasteiger partial charge in [-0.1, -0.05) is 42.1 Å². The number of carbonyl (C=O) groups excluding carboxylic acids is 2. The zero-order valence-corrected chi connectivity index (χ0v) is 12.0. The second kappa shape index (κ2) is 5.38. The molecule has 0 aromatic heterocycles. The number of likely N-dealkylation sites (N-methyl/N-ethyl adjacent to an activating group) is 1. The molecule has 0 saturated carbocycles. The number of nitrogens with zero attached hydrogens (tertiary/aromatic N) is 3. The smallest absolute Gasteiger partial charge is 0.275 e. The van der Waals surface area contributed by atoms with E-state index < -0.39 is 6.04 Å². The number of fused-ring (bicyclic) bond motifs is 1. The molecule has 0 radical (unpaired) electrons. The topological polar surface area (TPSA) is 53.0 Å². The summed E-state index contributed by atoms with van der Waals surface area (Å²) in [6.45, 7) is 1.19. The van der Waals surface area contributed by atoms with Crippen LogP contribution in [0.15, 0.2) is 35.3 Å². The van der Waals surface area contributed by atoms with Crippen molar-refractivity contribution < 1.29 is 9.59 Å². The van der Waals surface area contributed by atoms with Crippen molar-refractivity contribution in [2.45, 2.75) is 12.6 Å². The lowest BCUT2D eigenvalue weighted by molar-refractivity contribution is -0.140. The number of thioether (sulfide) groups is 1.